The minimum atomic E-state index is -0.946. The third kappa shape index (κ3) is 1.33. The molecule has 0 fully saturated rings. The van der Waals surface area contributed by atoms with E-state index in [2.05, 4.69) is 15.6 Å². The molecular weight excluding hydrogens is 170 g/mol. The van der Waals surface area contributed by atoms with Crippen LogP contribution in [-0.2, 0) is 6.54 Å². The fourth-order valence-corrected chi connectivity index (χ4v) is 1.36. The number of hydrogen-bond acceptors (Lipinski definition) is 4. The van der Waals surface area contributed by atoms with Gasteiger partial charge in [-0.05, 0) is 0 Å². The summed E-state index contributed by atoms with van der Waals surface area (Å²) in [5.41, 5.74) is 1.81. The summed E-state index contributed by atoms with van der Waals surface area (Å²) in [6, 6.07) is 0. The molecule has 0 amide bonds. The summed E-state index contributed by atoms with van der Waals surface area (Å²) in [4.78, 5) is 14.6. The normalized spacial score (nSPS) is 14.5. The molecule has 0 aliphatic carbocycles. The molecule has 2 rings (SSSR count). The van der Waals surface area contributed by atoms with Crippen LogP contribution in [0.4, 0.5) is 5.69 Å². The number of carboxylic acid groups (broad SMARTS) is 1. The summed E-state index contributed by atoms with van der Waals surface area (Å²) in [6.45, 7) is 1.26. The van der Waals surface area contributed by atoms with E-state index < -0.39 is 5.97 Å². The lowest BCUT2D eigenvalue weighted by atomic mass is 10.1. The SMILES string of the molecule is O=C(O)c1cncc2c1NCNC2. The first-order valence-corrected chi connectivity index (χ1v) is 3.94. The summed E-state index contributed by atoms with van der Waals surface area (Å²) in [6.07, 6.45) is 3.03. The van der Waals surface area contributed by atoms with Gasteiger partial charge in [0.05, 0.1) is 12.4 Å². The monoisotopic (exact) mass is 179 g/mol. The van der Waals surface area contributed by atoms with Crippen LogP contribution in [0, 0.1) is 0 Å². The van der Waals surface area contributed by atoms with Crippen molar-refractivity contribution < 1.29 is 9.90 Å². The molecule has 1 aromatic rings. The number of nitrogens with one attached hydrogen (secondary N) is 2. The van der Waals surface area contributed by atoms with E-state index in [9.17, 15) is 4.79 Å². The molecule has 0 unspecified atom stereocenters. The van der Waals surface area contributed by atoms with Crippen molar-refractivity contribution in [2.45, 2.75) is 6.54 Å². The third-order valence-electron chi connectivity index (χ3n) is 1.96. The second-order valence-electron chi connectivity index (χ2n) is 2.81. The van der Waals surface area contributed by atoms with Crippen LogP contribution in [0.15, 0.2) is 12.4 Å². The standard InChI is InChI=1S/C8H9N3O2/c12-8(13)6-3-9-1-5-2-10-4-11-7(5)6/h1,3,10-11H,2,4H2,(H,12,13). The molecule has 0 aromatic carbocycles. The number of hydrogen-bond donors (Lipinski definition) is 3. The number of pyridine rings is 1. The van der Waals surface area contributed by atoms with Gasteiger partial charge < -0.3 is 10.4 Å². The molecule has 5 heteroatoms. The molecule has 3 N–H and O–H groups in total. The number of aromatic nitrogens is 1. The van der Waals surface area contributed by atoms with Crippen molar-refractivity contribution in [1.29, 1.82) is 0 Å². The fourth-order valence-electron chi connectivity index (χ4n) is 1.36. The first-order valence-electron chi connectivity index (χ1n) is 3.94. The van der Waals surface area contributed by atoms with E-state index >= 15 is 0 Å². The smallest absolute Gasteiger partial charge is 0.339 e. The molecule has 1 aliphatic heterocycles. The molecule has 0 bridgehead atoms. The van der Waals surface area contributed by atoms with Crippen LogP contribution < -0.4 is 10.6 Å². The van der Waals surface area contributed by atoms with Crippen LogP contribution in [0.1, 0.15) is 15.9 Å². The highest BCUT2D eigenvalue weighted by Crippen LogP contribution is 2.21. The van der Waals surface area contributed by atoms with Crippen LogP contribution >= 0.6 is 0 Å². The molecule has 1 aliphatic rings. The lowest BCUT2D eigenvalue weighted by Gasteiger charge is -2.19. The van der Waals surface area contributed by atoms with E-state index in [0.717, 1.165) is 5.56 Å². The van der Waals surface area contributed by atoms with Crippen LogP contribution in [0.2, 0.25) is 0 Å². The van der Waals surface area contributed by atoms with Crippen LogP contribution in [-0.4, -0.2) is 22.7 Å². The topological polar surface area (TPSA) is 74.2 Å². The van der Waals surface area contributed by atoms with E-state index in [0.29, 0.717) is 18.9 Å². The van der Waals surface area contributed by atoms with E-state index in [-0.39, 0.29) is 5.56 Å². The summed E-state index contributed by atoms with van der Waals surface area (Å²) in [5.74, 6) is -0.946. The predicted octanol–water partition coefficient (Wildman–Crippen LogP) is 0.252. The number of anilines is 1. The van der Waals surface area contributed by atoms with Gasteiger partial charge in [0, 0.05) is 24.5 Å². The second kappa shape index (κ2) is 3.02. The summed E-state index contributed by atoms with van der Waals surface area (Å²) in [7, 11) is 0. The Morgan fingerprint density at radius 1 is 1.54 bits per heavy atom. The highest BCUT2D eigenvalue weighted by atomic mass is 16.4. The van der Waals surface area contributed by atoms with Gasteiger partial charge in [0.25, 0.3) is 0 Å². The van der Waals surface area contributed by atoms with Crippen LogP contribution in [0.3, 0.4) is 0 Å². The molecule has 13 heavy (non-hydrogen) atoms. The largest absolute Gasteiger partial charge is 0.478 e. The molecule has 0 saturated carbocycles. The van der Waals surface area contributed by atoms with Gasteiger partial charge in [-0.25, -0.2) is 4.79 Å². The van der Waals surface area contributed by atoms with Crippen molar-refractivity contribution in [3.63, 3.8) is 0 Å². The van der Waals surface area contributed by atoms with Gasteiger partial charge in [0.2, 0.25) is 0 Å². The van der Waals surface area contributed by atoms with Crippen molar-refractivity contribution in [3.8, 4) is 0 Å². The Morgan fingerprint density at radius 3 is 3.15 bits per heavy atom. The molecular formula is C8H9N3O2. The second-order valence-corrected chi connectivity index (χ2v) is 2.81. The lowest BCUT2D eigenvalue weighted by Crippen LogP contribution is -2.29. The first-order chi connectivity index (χ1) is 6.29. The molecule has 0 saturated heterocycles. The van der Waals surface area contributed by atoms with Gasteiger partial charge in [0.1, 0.15) is 5.56 Å². The molecule has 2 heterocycles. The Hall–Kier alpha value is -1.62. The zero-order valence-corrected chi connectivity index (χ0v) is 6.87. The molecule has 0 radical (unpaired) electrons. The average molecular weight is 179 g/mol. The zero-order valence-electron chi connectivity index (χ0n) is 6.87. The maximum atomic E-state index is 10.8. The Morgan fingerprint density at radius 2 is 2.38 bits per heavy atom. The van der Waals surface area contributed by atoms with Crippen molar-refractivity contribution in [2.75, 3.05) is 12.0 Å². The predicted molar refractivity (Wildman–Crippen MR) is 46.5 cm³/mol. The molecule has 0 spiro atoms. The van der Waals surface area contributed by atoms with Crippen molar-refractivity contribution in [2.24, 2.45) is 0 Å². The fraction of sp³-hybridized carbons (Fsp3) is 0.250. The Balaban J connectivity index is 2.52. The van der Waals surface area contributed by atoms with Gasteiger partial charge in [-0.2, -0.15) is 0 Å². The van der Waals surface area contributed by atoms with Crippen molar-refractivity contribution in [3.05, 3.63) is 23.5 Å². The van der Waals surface area contributed by atoms with E-state index in [1.54, 1.807) is 6.20 Å². The Labute approximate surface area is 74.8 Å². The van der Waals surface area contributed by atoms with Crippen molar-refractivity contribution >= 4 is 11.7 Å². The highest BCUT2D eigenvalue weighted by molar-refractivity contribution is 5.94. The van der Waals surface area contributed by atoms with Crippen molar-refractivity contribution in [1.82, 2.24) is 10.3 Å². The number of carboxylic acids is 1. The van der Waals surface area contributed by atoms with Gasteiger partial charge in [-0.1, -0.05) is 0 Å². The van der Waals surface area contributed by atoms with Gasteiger partial charge in [-0.3, -0.25) is 10.3 Å². The molecule has 68 valence electrons. The third-order valence-corrected chi connectivity index (χ3v) is 1.96. The maximum Gasteiger partial charge on any atom is 0.339 e. The quantitative estimate of drug-likeness (QED) is 0.576. The molecule has 5 nitrogen and oxygen atoms in total. The summed E-state index contributed by atoms with van der Waals surface area (Å²) >= 11 is 0. The summed E-state index contributed by atoms with van der Waals surface area (Å²) < 4.78 is 0. The van der Waals surface area contributed by atoms with Gasteiger partial charge in [-0.15, -0.1) is 0 Å². The first kappa shape index (κ1) is 8.00. The minimum Gasteiger partial charge on any atom is -0.478 e. The Kier molecular flexibility index (Phi) is 1.86. The van der Waals surface area contributed by atoms with Gasteiger partial charge in [0.15, 0.2) is 0 Å². The Bertz CT molecular complexity index is 351. The number of fused-ring (bicyclic) bond motifs is 1. The lowest BCUT2D eigenvalue weighted by molar-refractivity contribution is 0.0697. The van der Waals surface area contributed by atoms with E-state index in [1.807, 2.05) is 0 Å². The van der Waals surface area contributed by atoms with Crippen LogP contribution in [0.25, 0.3) is 0 Å². The number of rotatable bonds is 1. The average Bonchev–Trinajstić information content (AvgIpc) is 2.17. The van der Waals surface area contributed by atoms with E-state index in [1.165, 1.54) is 6.20 Å². The van der Waals surface area contributed by atoms with Gasteiger partial charge >= 0.3 is 5.97 Å². The minimum absolute atomic E-state index is 0.235. The number of nitrogens with zero attached hydrogens (tertiary/aromatic N) is 1. The van der Waals surface area contributed by atoms with Crippen LogP contribution in [0.5, 0.6) is 0 Å². The zero-order chi connectivity index (χ0) is 9.26. The number of carbonyl (C=O) groups is 1. The molecule has 0 atom stereocenters. The maximum absolute atomic E-state index is 10.8. The summed E-state index contributed by atoms with van der Waals surface area (Å²) in [5, 5.41) is 14.9. The van der Waals surface area contributed by atoms with E-state index in [4.69, 9.17) is 5.11 Å². The molecule has 1 aromatic heterocycles. The highest BCUT2D eigenvalue weighted by Gasteiger charge is 2.16. The number of aromatic carboxylic acids is 1.